The van der Waals surface area contributed by atoms with Gasteiger partial charge in [-0.1, -0.05) is 0 Å². The third-order valence-corrected chi connectivity index (χ3v) is 3.99. The number of rotatable bonds is 6. The fraction of sp³-hybridized carbons (Fsp3) is 0.857. The molecule has 0 aromatic heterocycles. The number of unbranched alkanes of at least 4 members (excludes halogenated alkanes) is 1. The van der Waals surface area contributed by atoms with Gasteiger partial charge in [0.2, 0.25) is 11.8 Å². The van der Waals surface area contributed by atoms with E-state index in [2.05, 4.69) is 5.32 Å². The minimum absolute atomic E-state index is 0.0531. The molecule has 0 unspecified atom stereocenters. The number of carbonyl (C=O) groups excluding carboxylic acids is 2. The number of nitrogens with zero attached hydrogens (tertiary/aromatic N) is 1. The van der Waals surface area contributed by atoms with Gasteiger partial charge in [-0.15, -0.1) is 0 Å². The summed E-state index contributed by atoms with van der Waals surface area (Å²) in [6.07, 6.45) is 5.21. The van der Waals surface area contributed by atoms with Crippen LogP contribution in [0.4, 0.5) is 0 Å². The number of likely N-dealkylation sites (tertiary alicyclic amines) is 1. The van der Waals surface area contributed by atoms with Crippen LogP contribution in [0.2, 0.25) is 0 Å². The first-order valence-electron chi connectivity index (χ1n) is 7.39. The summed E-state index contributed by atoms with van der Waals surface area (Å²) in [4.78, 5) is 25.7. The Labute approximate surface area is 114 Å². The highest BCUT2D eigenvalue weighted by Gasteiger charge is 2.35. The molecule has 0 bridgehead atoms. The van der Waals surface area contributed by atoms with E-state index in [1.165, 1.54) is 0 Å². The summed E-state index contributed by atoms with van der Waals surface area (Å²) >= 11 is 0. The van der Waals surface area contributed by atoms with Crippen LogP contribution in [0.5, 0.6) is 0 Å². The zero-order valence-electron chi connectivity index (χ0n) is 11.4. The number of hydrogen-bond donors (Lipinski definition) is 2. The van der Waals surface area contributed by atoms with Gasteiger partial charge in [0.05, 0.1) is 0 Å². The van der Waals surface area contributed by atoms with Crippen LogP contribution < -0.4 is 5.32 Å². The van der Waals surface area contributed by atoms with E-state index in [-0.39, 0.29) is 24.3 Å². The molecule has 0 aromatic rings. The molecule has 0 spiro atoms. The van der Waals surface area contributed by atoms with Crippen LogP contribution in [0, 0.1) is 11.8 Å². The van der Waals surface area contributed by atoms with Gasteiger partial charge in [-0.3, -0.25) is 9.59 Å². The molecule has 2 amide bonds. The summed E-state index contributed by atoms with van der Waals surface area (Å²) in [5.74, 6) is 0.736. The molecule has 0 radical (unpaired) electrons. The van der Waals surface area contributed by atoms with E-state index in [0.717, 1.165) is 51.6 Å². The molecule has 5 heteroatoms. The van der Waals surface area contributed by atoms with Gasteiger partial charge in [0.15, 0.2) is 0 Å². The third kappa shape index (κ3) is 4.20. The van der Waals surface area contributed by atoms with E-state index in [0.29, 0.717) is 12.5 Å². The minimum Gasteiger partial charge on any atom is -0.396 e. The zero-order chi connectivity index (χ0) is 13.7. The highest BCUT2D eigenvalue weighted by molar-refractivity contribution is 5.82. The number of piperidine rings is 1. The van der Waals surface area contributed by atoms with Crippen molar-refractivity contribution in [1.82, 2.24) is 10.2 Å². The Balaban J connectivity index is 1.64. The molecule has 1 heterocycles. The van der Waals surface area contributed by atoms with Crippen LogP contribution in [0.15, 0.2) is 0 Å². The summed E-state index contributed by atoms with van der Waals surface area (Å²) < 4.78 is 0. The molecule has 1 saturated heterocycles. The predicted octanol–water partition coefficient (Wildman–Crippen LogP) is 0.524. The second kappa shape index (κ2) is 6.89. The number of aliphatic hydroxyl groups is 1. The van der Waals surface area contributed by atoms with Gasteiger partial charge in [0.1, 0.15) is 0 Å². The maximum atomic E-state index is 11.9. The van der Waals surface area contributed by atoms with E-state index < -0.39 is 0 Å². The number of amides is 2. The number of nitrogens with one attached hydrogen (secondary N) is 1. The van der Waals surface area contributed by atoms with E-state index >= 15 is 0 Å². The zero-order valence-corrected chi connectivity index (χ0v) is 11.4. The number of aliphatic hydroxyl groups excluding tert-OH is 1. The standard InChI is InChI=1S/C14H24N2O3/c17-10-2-1-7-15-13(18)11-5-8-16(9-6-11)14(19)12-3-4-12/h11-12,17H,1-10H2,(H,15,18). The molecule has 0 atom stereocenters. The fourth-order valence-corrected chi connectivity index (χ4v) is 2.54. The quantitative estimate of drug-likeness (QED) is 0.690. The smallest absolute Gasteiger partial charge is 0.225 e. The van der Waals surface area contributed by atoms with E-state index in [1.54, 1.807) is 0 Å². The molecule has 108 valence electrons. The van der Waals surface area contributed by atoms with Crippen LogP contribution in [0.25, 0.3) is 0 Å². The Bertz CT molecular complexity index is 321. The van der Waals surface area contributed by atoms with Crippen molar-refractivity contribution in [3.8, 4) is 0 Å². The lowest BCUT2D eigenvalue weighted by atomic mass is 9.95. The van der Waals surface area contributed by atoms with Gasteiger partial charge < -0.3 is 15.3 Å². The van der Waals surface area contributed by atoms with Crippen molar-refractivity contribution in [2.45, 2.75) is 38.5 Å². The van der Waals surface area contributed by atoms with Gasteiger partial charge in [-0.2, -0.15) is 0 Å². The normalized spacial score (nSPS) is 20.4. The molecular weight excluding hydrogens is 244 g/mol. The van der Waals surface area contributed by atoms with Crippen LogP contribution in [0.3, 0.4) is 0 Å². The second-order valence-corrected chi connectivity index (χ2v) is 5.60. The maximum absolute atomic E-state index is 11.9. The van der Waals surface area contributed by atoms with E-state index in [1.807, 2.05) is 4.90 Å². The van der Waals surface area contributed by atoms with Crippen molar-refractivity contribution in [2.24, 2.45) is 11.8 Å². The lowest BCUT2D eigenvalue weighted by Crippen LogP contribution is -2.43. The Kier molecular flexibility index (Phi) is 5.19. The van der Waals surface area contributed by atoms with E-state index in [9.17, 15) is 9.59 Å². The lowest BCUT2D eigenvalue weighted by molar-refractivity contribution is -0.136. The first kappa shape index (κ1) is 14.3. The highest BCUT2D eigenvalue weighted by atomic mass is 16.3. The summed E-state index contributed by atoms with van der Waals surface area (Å²) in [6.45, 7) is 2.27. The molecule has 5 nitrogen and oxygen atoms in total. The monoisotopic (exact) mass is 268 g/mol. The largest absolute Gasteiger partial charge is 0.396 e. The number of hydrogen-bond acceptors (Lipinski definition) is 3. The van der Waals surface area contributed by atoms with Crippen molar-refractivity contribution < 1.29 is 14.7 Å². The molecular formula is C14H24N2O3. The highest BCUT2D eigenvalue weighted by Crippen LogP contribution is 2.32. The topological polar surface area (TPSA) is 69.6 Å². The molecule has 19 heavy (non-hydrogen) atoms. The summed E-state index contributed by atoms with van der Waals surface area (Å²) in [5, 5.41) is 11.6. The first-order valence-corrected chi connectivity index (χ1v) is 7.39. The van der Waals surface area contributed by atoms with Gasteiger partial charge in [0.25, 0.3) is 0 Å². The molecule has 1 saturated carbocycles. The fourth-order valence-electron chi connectivity index (χ4n) is 2.54. The minimum atomic E-state index is 0.0531. The van der Waals surface area contributed by atoms with Crippen molar-refractivity contribution in [3.63, 3.8) is 0 Å². The Hall–Kier alpha value is -1.10. The van der Waals surface area contributed by atoms with Crippen molar-refractivity contribution in [3.05, 3.63) is 0 Å². The van der Waals surface area contributed by atoms with Gasteiger partial charge >= 0.3 is 0 Å². The molecule has 1 aliphatic carbocycles. The Morgan fingerprint density at radius 3 is 2.32 bits per heavy atom. The van der Waals surface area contributed by atoms with Crippen LogP contribution in [-0.2, 0) is 9.59 Å². The SMILES string of the molecule is O=C(NCCCCO)C1CCN(C(=O)C2CC2)CC1. The molecule has 2 N–H and O–H groups in total. The van der Waals surface area contributed by atoms with Crippen molar-refractivity contribution >= 4 is 11.8 Å². The third-order valence-electron chi connectivity index (χ3n) is 3.99. The molecule has 0 aromatic carbocycles. The van der Waals surface area contributed by atoms with Crippen molar-refractivity contribution in [2.75, 3.05) is 26.2 Å². The average molecular weight is 268 g/mol. The van der Waals surface area contributed by atoms with E-state index in [4.69, 9.17) is 5.11 Å². The molecule has 1 aliphatic heterocycles. The van der Waals surface area contributed by atoms with Crippen LogP contribution in [0.1, 0.15) is 38.5 Å². The van der Waals surface area contributed by atoms with Crippen LogP contribution >= 0.6 is 0 Å². The molecule has 2 fully saturated rings. The predicted molar refractivity (Wildman–Crippen MR) is 71.4 cm³/mol. The average Bonchev–Trinajstić information content (AvgIpc) is 3.27. The lowest BCUT2D eigenvalue weighted by Gasteiger charge is -2.31. The Morgan fingerprint density at radius 2 is 1.74 bits per heavy atom. The molecule has 2 aliphatic rings. The Morgan fingerprint density at radius 1 is 1.05 bits per heavy atom. The maximum Gasteiger partial charge on any atom is 0.225 e. The molecule has 2 rings (SSSR count). The van der Waals surface area contributed by atoms with Gasteiger partial charge in [0, 0.05) is 38.1 Å². The summed E-state index contributed by atoms with van der Waals surface area (Å²) in [6, 6.07) is 0. The summed E-state index contributed by atoms with van der Waals surface area (Å²) in [5.41, 5.74) is 0. The number of carbonyl (C=O) groups is 2. The van der Waals surface area contributed by atoms with Gasteiger partial charge in [-0.05, 0) is 38.5 Å². The van der Waals surface area contributed by atoms with Crippen molar-refractivity contribution in [1.29, 1.82) is 0 Å². The summed E-state index contributed by atoms with van der Waals surface area (Å²) in [7, 11) is 0. The first-order chi connectivity index (χ1) is 9.22. The van der Waals surface area contributed by atoms with Gasteiger partial charge in [-0.25, -0.2) is 0 Å². The van der Waals surface area contributed by atoms with Crippen LogP contribution in [-0.4, -0.2) is 48.1 Å². The second-order valence-electron chi connectivity index (χ2n) is 5.60.